The lowest BCUT2D eigenvalue weighted by Crippen LogP contribution is -2.23. The van der Waals surface area contributed by atoms with Crippen molar-refractivity contribution >= 4 is 27.6 Å². The van der Waals surface area contributed by atoms with Gasteiger partial charge in [0.1, 0.15) is 11.2 Å². The molecule has 0 amide bonds. The van der Waals surface area contributed by atoms with Crippen LogP contribution < -0.4 is 4.90 Å². The van der Waals surface area contributed by atoms with Crippen LogP contribution in [0.2, 0.25) is 0 Å². The number of anilines is 1. The summed E-state index contributed by atoms with van der Waals surface area (Å²) in [6.07, 6.45) is 2.00. The van der Waals surface area contributed by atoms with E-state index < -0.39 is 0 Å². The van der Waals surface area contributed by atoms with E-state index in [1.165, 1.54) is 72.1 Å². The molecule has 0 aliphatic heterocycles. The normalized spacial score (nSPS) is 12.8. The molecule has 0 fully saturated rings. The van der Waals surface area contributed by atoms with Crippen molar-refractivity contribution in [1.82, 2.24) is 0 Å². The lowest BCUT2D eigenvalue weighted by atomic mass is 9.99. The van der Waals surface area contributed by atoms with E-state index in [2.05, 4.69) is 132 Å². The van der Waals surface area contributed by atoms with Gasteiger partial charge in [-0.25, -0.2) is 0 Å². The Morgan fingerprint density at radius 3 is 2.12 bits per heavy atom. The number of hydrogen-bond acceptors (Lipinski definition) is 2. The summed E-state index contributed by atoms with van der Waals surface area (Å²) in [5.41, 5.74) is 17.1. The number of hydrogen-bond donors (Lipinski definition) is 0. The van der Waals surface area contributed by atoms with Gasteiger partial charge < -0.3 is 9.32 Å². The number of benzene rings is 6. The molecule has 2 nitrogen and oxygen atoms in total. The third-order valence-electron chi connectivity index (χ3n) is 9.26. The zero-order valence-corrected chi connectivity index (χ0v) is 23.3. The van der Waals surface area contributed by atoms with Crippen molar-refractivity contribution in [1.29, 1.82) is 0 Å². The van der Waals surface area contributed by atoms with E-state index in [4.69, 9.17) is 4.42 Å². The molecule has 7 aromatic rings. The molecule has 2 aliphatic carbocycles. The second kappa shape index (κ2) is 9.22. The van der Waals surface area contributed by atoms with Crippen molar-refractivity contribution in [3.63, 3.8) is 0 Å². The second-order valence-corrected chi connectivity index (χ2v) is 11.7. The Bertz CT molecular complexity index is 2170. The summed E-state index contributed by atoms with van der Waals surface area (Å²) in [6.45, 7) is 1.64. The highest BCUT2D eigenvalue weighted by Crippen LogP contribution is 2.42. The smallest absolute Gasteiger partial charge is 0.137 e. The Kier molecular flexibility index (Phi) is 5.18. The fraction of sp³-hybridized carbons (Fsp3) is 0.100. The fourth-order valence-corrected chi connectivity index (χ4v) is 7.34. The number of rotatable bonds is 5. The molecule has 0 radical (unpaired) electrons. The van der Waals surface area contributed by atoms with Gasteiger partial charge in [-0.3, -0.25) is 0 Å². The molecule has 2 aliphatic rings. The maximum Gasteiger partial charge on any atom is 0.137 e. The number of para-hydroxylation sites is 1. The Balaban J connectivity index is 1.17. The molecule has 0 unspecified atom stereocenters. The number of furan rings is 1. The Hall–Kier alpha value is -5.08. The summed E-state index contributed by atoms with van der Waals surface area (Å²) in [6, 6.07) is 46.5. The summed E-state index contributed by atoms with van der Waals surface area (Å²) < 4.78 is 6.33. The van der Waals surface area contributed by atoms with E-state index >= 15 is 0 Å². The predicted octanol–water partition coefficient (Wildman–Crippen LogP) is 9.94. The number of fused-ring (bicyclic) bond motifs is 9. The summed E-state index contributed by atoms with van der Waals surface area (Å²) in [4.78, 5) is 2.56. The molecular formula is C40H29NO. The molecule has 0 atom stereocenters. The summed E-state index contributed by atoms with van der Waals surface area (Å²) in [5, 5.41) is 2.36. The molecule has 6 aromatic carbocycles. The van der Waals surface area contributed by atoms with Gasteiger partial charge in [-0.05, 0) is 86.7 Å². The Morgan fingerprint density at radius 1 is 0.524 bits per heavy atom. The Labute approximate surface area is 245 Å². The van der Waals surface area contributed by atoms with Crippen LogP contribution in [0.15, 0.2) is 132 Å². The molecule has 0 saturated heterocycles. The highest BCUT2D eigenvalue weighted by Gasteiger charge is 2.24. The third-order valence-corrected chi connectivity index (χ3v) is 9.26. The summed E-state index contributed by atoms with van der Waals surface area (Å²) in [7, 11) is 0. The van der Waals surface area contributed by atoms with Gasteiger partial charge in [-0.1, -0.05) is 109 Å². The molecule has 2 heteroatoms. The number of nitrogens with zero attached hydrogens (tertiary/aromatic N) is 1. The second-order valence-electron chi connectivity index (χ2n) is 11.7. The van der Waals surface area contributed by atoms with Gasteiger partial charge in [0.05, 0.1) is 5.39 Å². The van der Waals surface area contributed by atoms with Gasteiger partial charge in [0.2, 0.25) is 0 Å². The standard InChI is InChI=1S/C40H29NO/c1-3-12-31-27(9-1)22-30-21-26(19-20-33(30)31)24-41(37-16-8-18-39-40(37)35-14-5-6-17-38(35)42-39)25-29-11-7-15-34-32-13-4-2-10-28(32)23-36(29)34/h1-21H,22-25H2. The maximum atomic E-state index is 6.33. The maximum absolute atomic E-state index is 6.33. The monoisotopic (exact) mass is 539 g/mol. The molecule has 0 N–H and O–H groups in total. The minimum atomic E-state index is 0.818. The van der Waals surface area contributed by atoms with Crippen LogP contribution in [0.25, 0.3) is 44.2 Å². The lowest BCUT2D eigenvalue weighted by Gasteiger charge is -2.27. The third kappa shape index (κ3) is 3.65. The minimum absolute atomic E-state index is 0.818. The van der Waals surface area contributed by atoms with E-state index in [1.807, 2.05) is 0 Å². The first-order valence-corrected chi connectivity index (χ1v) is 14.8. The van der Waals surface area contributed by atoms with Crippen LogP contribution in [-0.2, 0) is 25.9 Å². The van der Waals surface area contributed by atoms with Crippen LogP contribution in [-0.4, -0.2) is 0 Å². The highest BCUT2D eigenvalue weighted by atomic mass is 16.3. The van der Waals surface area contributed by atoms with E-state index in [1.54, 1.807) is 0 Å². The Morgan fingerprint density at radius 2 is 1.21 bits per heavy atom. The first kappa shape index (κ1) is 23.6. The van der Waals surface area contributed by atoms with Crippen LogP contribution in [0.3, 0.4) is 0 Å². The SMILES string of the molecule is c1ccc2c(c1)Cc1cc(CN(Cc3cccc4c3Cc3ccccc3-4)c3cccc4oc5ccccc5c34)ccc1-2. The van der Waals surface area contributed by atoms with Crippen LogP contribution >= 0.6 is 0 Å². The van der Waals surface area contributed by atoms with E-state index in [0.29, 0.717) is 0 Å². The van der Waals surface area contributed by atoms with Crippen molar-refractivity contribution in [2.75, 3.05) is 4.90 Å². The van der Waals surface area contributed by atoms with Gasteiger partial charge in [0, 0.05) is 24.2 Å². The van der Waals surface area contributed by atoms with Crippen molar-refractivity contribution in [3.05, 3.63) is 161 Å². The zero-order valence-electron chi connectivity index (χ0n) is 23.3. The van der Waals surface area contributed by atoms with E-state index in [0.717, 1.165) is 37.1 Å². The topological polar surface area (TPSA) is 16.4 Å². The fourth-order valence-electron chi connectivity index (χ4n) is 7.34. The molecule has 9 rings (SSSR count). The van der Waals surface area contributed by atoms with Gasteiger partial charge in [0.25, 0.3) is 0 Å². The largest absolute Gasteiger partial charge is 0.456 e. The van der Waals surface area contributed by atoms with Gasteiger partial charge in [-0.15, -0.1) is 0 Å². The minimum Gasteiger partial charge on any atom is -0.456 e. The van der Waals surface area contributed by atoms with Gasteiger partial charge in [0.15, 0.2) is 0 Å². The van der Waals surface area contributed by atoms with Crippen LogP contribution in [0.4, 0.5) is 5.69 Å². The van der Waals surface area contributed by atoms with E-state index in [-0.39, 0.29) is 0 Å². The summed E-state index contributed by atoms with van der Waals surface area (Å²) in [5.74, 6) is 0. The first-order valence-electron chi connectivity index (χ1n) is 14.8. The molecule has 1 aromatic heterocycles. The molecule has 42 heavy (non-hydrogen) atoms. The van der Waals surface area contributed by atoms with E-state index in [9.17, 15) is 0 Å². The van der Waals surface area contributed by atoms with Crippen molar-refractivity contribution in [2.24, 2.45) is 0 Å². The van der Waals surface area contributed by atoms with Crippen molar-refractivity contribution in [3.8, 4) is 22.3 Å². The predicted molar refractivity (Wildman–Crippen MR) is 173 cm³/mol. The average Bonchev–Trinajstić information content (AvgIpc) is 3.72. The van der Waals surface area contributed by atoms with Gasteiger partial charge in [-0.2, -0.15) is 0 Å². The molecule has 0 saturated carbocycles. The van der Waals surface area contributed by atoms with Crippen LogP contribution in [0.1, 0.15) is 33.4 Å². The lowest BCUT2D eigenvalue weighted by molar-refractivity contribution is 0.668. The summed E-state index contributed by atoms with van der Waals surface area (Å²) >= 11 is 0. The molecule has 0 bridgehead atoms. The first-order chi connectivity index (χ1) is 20.8. The highest BCUT2D eigenvalue weighted by molar-refractivity contribution is 6.11. The molecule has 200 valence electrons. The van der Waals surface area contributed by atoms with Crippen molar-refractivity contribution < 1.29 is 4.42 Å². The van der Waals surface area contributed by atoms with Crippen LogP contribution in [0.5, 0.6) is 0 Å². The van der Waals surface area contributed by atoms with Crippen LogP contribution in [0, 0.1) is 0 Å². The van der Waals surface area contributed by atoms with Gasteiger partial charge >= 0.3 is 0 Å². The molecule has 1 heterocycles. The average molecular weight is 540 g/mol. The zero-order chi connectivity index (χ0) is 27.6. The molecular weight excluding hydrogens is 510 g/mol. The molecule has 0 spiro atoms. The quantitative estimate of drug-likeness (QED) is 0.216. The van der Waals surface area contributed by atoms with Crippen molar-refractivity contribution in [2.45, 2.75) is 25.9 Å².